The van der Waals surface area contributed by atoms with Crippen LogP contribution in [-0.2, 0) is 0 Å². The van der Waals surface area contributed by atoms with Gasteiger partial charge < -0.3 is 0 Å². The molecule has 0 aromatic heterocycles. The molecule has 0 amide bonds. The molecule has 0 aromatic rings. The van der Waals surface area contributed by atoms with Crippen molar-refractivity contribution in [1.82, 2.24) is 4.83 Å². The van der Waals surface area contributed by atoms with Crippen molar-refractivity contribution < 1.29 is 0 Å². The number of hydrogen-bond donors (Lipinski definition) is 1. The van der Waals surface area contributed by atoms with Crippen LogP contribution >= 0.6 is 11.9 Å². The summed E-state index contributed by atoms with van der Waals surface area (Å²) in [5, 5.41) is 5.60. The molecule has 0 atom stereocenters. The van der Waals surface area contributed by atoms with Gasteiger partial charge in [0.1, 0.15) is 0 Å². The van der Waals surface area contributed by atoms with Gasteiger partial charge in [-0.15, -0.1) is 0 Å². The average Bonchev–Trinajstić information content (AvgIpc) is 1.72. The zero-order chi connectivity index (χ0) is 4.24. The number of rotatable bonds is 0. The lowest BCUT2D eigenvalue weighted by Gasteiger charge is -1.92. The van der Waals surface area contributed by atoms with Crippen LogP contribution in [0.4, 0.5) is 0 Å². The maximum atomic E-state index is 3.68. The van der Waals surface area contributed by atoms with Crippen molar-refractivity contribution >= 4 is 18.2 Å². The Morgan fingerprint density at radius 3 is 2.83 bits per heavy atom. The smallest absolute Gasteiger partial charge is 0.0484 e. The molecule has 0 aliphatic carbocycles. The average molecular weight is 100 g/mol. The minimum atomic E-state index is 1.47. The highest BCUT2D eigenvalue weighted by Crippen LogP contribution is 1.95. The summed E-state index contributed by atoms with van der Waals surface area (Å²) in [5.74, 6) is 0. The molecule has 1 aliphatic heterocycles. The molecule has 0 saturated carbocycles. The Morgan fingerprint density at radius 1 is 1.67 bits per heavy atom. The molecular formula is C3H4N2S. The van der Waals surface area contributed by atoms with Crippen LogP contribution in [0.25, 0.3) is 0 Å². The van der Waals surface area contributed by atoms with E-state index in [0.29, 0.717) is 0 Å². The molecule has 2 nitrogen and oxygen atoms in total. The highest BCUT2D eigenvalue weighted by molar-refractivity contribution is 8.00. The van der Waals surface area contributed by atoms with Crippen LogP contribution in [0.3, 0.4) is 0 Å². The maximum Gasteiger partial charge on any atom is 0.0484 e. The summed E-state index contributed by atoms with van der Waals surface area (Å²) in [6.07, 6.45) is 3.58. The fourth-order valence-electron chi connectivity index (χ4n) is 0.209. The Bertz CT molecular complexity index is 74.8. The molecule has 0 spiro atoms. The van der Waals surface area contributed by atoms with Gasteiger partial charge in [0, 0.05) is 6.21 Å². The molecule has 1 aliphatic rings. The fourth-order valence-corrected chi connectivity index (χ4v) is 0.540. The lowest BCUT2D eigenvalue weighted by Crippen LogP contribution is -1.91. The number of nitrogens with one attached hydrogen (secondary N) is 1. The Hall–Kier alpha value is -0.440. The van der Waals surface area contributed by atoms with Gasteiger partial charge in [-0.25, -0.2) is 4.83 Å². The van der Waals surface area contributed by atoms with E-state index in [1.165, 1.54) is 11.9 Å². The van der Waals surface area contributed by atoms with Gasteiger partial charge in [-0.1, -0.05) is 0 Å². The minimum Gasteiger partial charge on any atom is -0.248 e. The van der Waals surface area contributed by atoms with Gasteiger partial charge in [-0.2, -0.15) is 5.10 Å². The normalized spacial score (nSPS) is 17.3. The summed E-state index contributed by atoms with van der Waals surface area (Å²) in [6, 6.07) is 0. The molecule has 1 heterocycles. The van der Waals surface area contributed by atoms with Gasteiger partial charge in [0.25, 0.3) is 0 Å². The summed E-state index contributed by atoms with van der Waals surface area (Å²) in [5.41, 5.74) is 0. The van der Waals surface area contributed by atoms with Gasteiger partial charge >= 0.3 is 0 Å². The van der Waals surface area contributed by atoms with Crippen LogP contribution in [0, 0.1) is 0 Å². The van der Waals surface area contributed by atoms with Crippen molar-refractivity contribution in [3.63, 3.8) is 0 Å². The van der Waals surface area contributed by atoms with E-state index in [9.17, 15) is 0 Å². The van der Waals surface area contributed by atoms with Crippen molar-refractivity contribution in [3.8, 4) is 0 Å². The predicted molar refractivity (Wildman–Crippen MR) is 28.4 cm³/mol. The first kappa shape index (κ1) is 3.74. The first-order chi connectivity index (χ1) is 3.00. The van der Waals surface area contributed by atoms with Gasteiger partial charge in [0.15, 0.2) is 0 Å². The second-order valence-corrected chi connectivity index (χ2v) is 1.51. The summed E-state index contributed by atoms with van der Waals surface area (Å²) in [4.78, 5) is 2.68. The Labute approximate surface area is 40.4 Å². The van der Waals surface area contributed by atoms with Crippen LogP contribution in [0.1, 0.15) is 0 Å². The fraction of sp³-hybridized carbons (Fsp3) is 0. The first-order valence-electron chi connectivity index (χ1n) is 1.59. The van der Waals surface area contributed by atoms with Gasteiger partial charge in [0.2, 0.25) is 0 Å². The molecule has 1 N–H and O–H groups in total. The molecule has 0 aromatic carbocycles. The van der Waals surface area contributed by atoms with Crippen molar-refractivity contribution in [3.05, 3.63) is 11.5 Å². The number of hydrazone groups is 1. The predicted octanol–water partition coefficient (Wildman–Crippen LogP) is 0.737. The van der Waals surface area contributed by atoms with E-state index in [2.05, 4.69) is 9.93 Å². The van der Waals surface area contributed by atoms with E-state index in [-0.39, 0.29) is 0 Å². The third-order valence-electron chi connectivity index (χ3n) is 0.413. The summed E-state index contributed by atoms with van der Waals surface area (Å²) in [7, 11) is 0. The van der Waals surface area contributed by atoms with Crippen LogP contribution in [0.2, 0.25) is 0 Å². The maximum absolute atomic E-state index is 3.68. The van der Waals surface area contributed by atoms with E-state index in [1.54, 1.807) is 6.21 Å². The standard InChI is InChI=1S/C3H4N2S/c1-2-4-5-6-3-1/h1-3,5H. The second kappa shape index (κ2) is 1.87. The monoisotopic (exact) mass is 100 g/mol. The lowest BCUT2D eigenvalue weighted by molar-refractivity contribution is 1.13. The Balaban J connectivity index is 2.46. The lowest BCUT2D eigenvalue weighted by atomic mass is 10.7. The van der Waals surface area contributed by atoms with Crippen molar-refractivity contribution in [2.45, 2.75) is 0 Å². The summed E-state index contributed by atoms with van der Waals surface area (Å²) < 4.78 is 0. The Kier molecular flexibility index (Phi) is 1.17. The molecule has 0 saturated heterocycles. The largest absolute Gasteiger partial charge is 0.248 e. The zero-order valence-corrected chi connectivity index (χ0v) is 3.90. The highest BCUT2D eigenvalue weighted by atomic mass is 32.2. The SMILES string of the molecule is C1=CSNN=C1. The van der Waals surface area contributed by atoms with Crippen molar-refractivity contribution in [2.75, 3.05) is 0 Å². The van der Waals surface area contributed by atoms with E-state index in [1.807, 2.05) is 11.5 Å². The van der Waals surface area contributed by atoms with Crippen LogP contribution in [0.15, 0.2) is 16.6 Å². The molecule has 0 radical (unpaired) electrons. The van der Waals surface area contributed by atoms with Gasteiger partial charge in [-0.3, -0.25) is 0 Å². The number of allylic oxidation sites excluding steroid dienone is 1. The van der Waals surface area contributed by atoms with Gasteiger partial charge in [0.05, 0.1) is 0 Å². The number of hydrogen-bond acceptors (Lipinski definition) is 3. The molecular weight excluding hydrogens is 96.1 g/mol. The van der Waals surface area contributed by atoms with Crippen LogP contribution in [0.5, 0.6) is 0 Å². The van der Waals surface area contributed by atoms with Crippen molar-refractivity contribution in [1.29, 1.82) is 0 Å². The third-order valence-corrected chi connectivity index (χ3v) is 0.917. The second-order valence-electron chi connectivity index (χ2n) is 0.816. The van der Waals surface area contributed by atoms with E-state index in [4.69, 9.17) is 0 Å². The first-order valence-corrected chi connectivity index (χ1v) is 2.47. The van der Waals surface area contributed by atoms with Crippen LogP contribution < -0.4 is 4.83 Å². The topological polar surface area (TPSA) is 24.4 Å². The molecule has 1 rings (SSSR count). The molecule has 6 heavy (non-hydrogen) atoms. The molecule has 32 valence electrons. The molecule has 0 bridgehead atoms. The zero-order valence-electron chi connectivity index (χ0n) is 3.09. The summed E-state index contributed by atoms with van der Waals surface area (Å²) >= 11 is 1.47. The van der Waals surface area contributed by atoms with Gasteiger partial charge in [-0.05, 0) is 23.4 Å². The van der Waals surface area contributed by atoms with E-state index < -0.39 is 0 Å². The van der Waals surface area contributed by atoms with Crippen molar-refractivity contribution in [2.24, 2.45) is 5.10 Å². The quantitative estimate of drug-likeness (QED) is 0.454. The van der Waals surface area contributed by atoms with E-state index in [0.717, 1.165) is 0 Å². The third kappa shape index (κ3) is 0.755. The van der Waals surface area contributed by atoms with Crippen LogP contribution in [-0.4, -0.2) is 6.21 Å². The molecule has 3 heteroatoms. The van der Waals surface area contributed by atoms with E-state index >= 15 is 0 Å². The Morgan fingerprint density at radius 2 is 2.67 bits per heavy atom. The molecule has 0 fully saturated rings. The molecule has 0 unspecified atom stereocenters. The highest BCUT2D eigenvalue weighted by Gasteiger charge is 1.75. The minimum absolute atomic E-state index is 1.47. The number of nitrogens with zero attached hydrogens (tertiary/aromatic N) is 1. The summed E-state index contributed by atoms with van der Waals surface area (Å²) in [6.45, 7) is 0.